The highest BCUT2D eigenvalue weighted by molar-refractivity contribution is 7.51. The summed E-state index contributed by atoms with van der Waals surface area (Å²) < 4.78 is 18.8. The van der Waals surface area contributed by atoms with E-state index in [1.807, 2.05) is 13.8 Å². The molecule has 1 aromatic heterocycles. The van der Waals surface area contributed by atoms with Gasteiger partial charge in [0.05, 0.1) is 23.7 Å². The Morgan fingerprint density at radius 2 is 1.89 bits per heavy atom. The summed E-state index contributed by atoms with van der Waals surface area (Å²) in [5.74, 6) is 0.672. The molecule has 6 nitrogen and oxygen atoms in total. The predicted molar refractivity (Wildman–Crippen MR) is 112 cm³/mol. The van der Waals surface area contributed by atoms with E-state index in [-0.39, 0.29) is 24.2 Å². The minimum atomic E-state index is -3.70. The van der Waals surface area contributed by atoms with Crippen LogP contribution in [0.2, 0.25) is 5.02 Å². The van der Waals surface area contributed by atoms with E-state index in [4.69, 9.17) is 16.1 Å². The summed E-state index contributed by atoms with van der Waals surface area (Å²) >= 11 is 6.03. The van der Waals surface area contributed by atoms with Crippen LogP contribution in [-0.2, 0) is 22.3 Å². The number of aromatic nitrogens is 2. The van der Waals surface area contributed by atoms with E-state index in [2.05, 4.69) is 4.98 Å². The molecule has 3 aromatic rings. The second kappa shape index (κ2) is 8.18. The monoisotopic (exact) mass is 420 g/mol. The molecule has 0 spiro atoms. The Hall–Kier alpha value is -1.98. The van der Waals surface area contributed by atoms with Gasteiger partial charge in [0.25, 0.3) is 5.56 Å². The average Bonchev–Trinajstić information content (AvgIpc) is 2.63. The lowest BCUT2D eigenvalue weighted by molar-refractivity contribution is 0.228. The highest BCUT2D eigenvalue weighted by Crippen LogP contribution is 2.46. The standard InChI is InChI=1S/C20H22ClN2O4P/c1-13(2)11-27-28(25,26)12-14-4-6-15(7-5-14)19-22-18-10-16(21)8-9-17(18)20(24)23(19)3/h4-10,13H,11-12H2,1-3H3,(H,25,26). The van der Waals surface area contributed by atoms with Gasteiger partial charge in [0.2, 0.25) is 0 Å². The lowest BCUT2D eigenvalue weighted by Gasteiger charge is -2.14. The molecule has 0 fully saturated rings. The van der Waals surface area contributed by atoms with E-state index >= 15 is 0 Å². The summed E-state index contributed by atoms with van der Waals surface area (Å²) in [4.78, 5) is 27.2. The van der Waals surface area contributed by atoms with E-state index in [0.717, 1.165) is 5.56 Å². The molecule has 1 N–H and O–H groups in total. The molecule has 0 amide bonds. The first-order chi connectivity index (χ1) is 13.2. The molecule has 2 aromatic carbocycles. The first kappa shape index (κ1) is 20.7. The van der Waals surface area contributed by atoms with Gasteiger partial charge in [-0.2, -0.15) is 0 Å². The fourth-order valence-electron chi connectivity index (χ4n) is 2.80. The van der Waals surface area contributed by atoms with Crippen LogP contribution >= 0.6 is 19.2 Å². The quantitative estimate of drug-likeness (QED) is 0.589. The Labute approximate surface area is 168 Å². The zero-order valence-electron chi connectivity index (χ0n) is 15.9. The van der Waals surface area contributed by atoms with E-state index in [1.165, 1.54) is 4.57 Å². The van der Waals surface area contributed by atoms with Crippen molar-refractivity contribution in [3.8, 4) is 11.4 Å². The Morgan fingerprint density at radius 3 is 2.54 bits per heavy atom. The van der Waals surface area contributed by atoms with Crippen molar-refractivity contribution in [3.63, 3.8) is 0 Å². The third kappa shape index (κ3) is 4.70. The maximum atomic E-state index is 12.6. The molecule has 0 radical (unpaired) electrons. The van der Waals surface area contributed by atoms with Crippen LogP contribution in [-0.4, -0.2) is 21.1 Å². The summed E-state index contributed by atoms with van der Waals surface area (Å²) in [6.07, 6.45) is -0.0698. The summed E-state index contributed by atoms with van der Waals surface area (Å²) in [6, 6.07) is 12.0. The number of benzene rings is 2. The molecule has 148 valence electrons. The van der Waals surface area contributed by atoms with Gasteiger partial charge in [-0.3, -0.25) is 13.9 Å². The molecular formula is C20H22ClN2O4P. The summed E-state index contributed by atoms with van der Waals surface area (Å²) in [6.45, 7) is 4.07. The molecule has 1 atom stereocenters. The van der Waals surface area contributed by atoms with Gasteiger partial charge in [-0.05, 0) is 29.7 Å². The molecular weight excluding hydrogens is 399 g/mol. The number of hydrogen-bond acceptors (Lipinski definition) is 4. The zero-order chi connectivity index (χ0) is 20.5. The zero-order valence-corrected chi connectivity index (χ0v) is 17.6. The van der Waals surface area contributed by atoms with Gasteiger partial charge in [0, 0.05) is 17.6 Å². The lowest BCUT2D eigenvalue weighted by Crippen LogP contribution is -2.20. The second-order valence-corrected chi connectivity index (χ2v) is 9.43. The molecule has 1 heterocycles. The molecule has 0 aliphatic carbocycles. The highest BCUT2D eigenvalue weighted by Gasteiger charge is 2.21. The summed E-state index contributed by atoms with van der Waals surface area (Å²) in [5, 5.41) is 1.01. The van der Waals surface area contributed by atoms with E-state index < -0.39 is 7.60 Å². The van der Waals surface area contributed by atoms with E-state index in [0.29, 0.717) is 27.3 Å². The average molecular weight is 421 g/mol. The van der Waals surface area contributed by atoms with Crippen LogP contribution in [0.5, 0.6) is 0 Å². The van der Waals surface area contributed by atoms with Crippen LogP contribution < -0.4 is 5.56 Å². The molecule has 0 saturated heterocycles. The van der Waals surface area contributed by atoms with Gasteiger partial charge in [-0.25, -0.2) is 4.98 Å². The SMILES string of the molecule is CC(C)COP(=O)(O)Cc1ccc(-c2nc3cc(Cl)ccc3c(=O)n2C)cc1. The number of nitrogens with zero attached hydrogens (tertiary/aromatic N) is 2. The van der Waals surface area contributed by atoms with Crippen molar-refractivity contribution in [2.24, 2.45) is 13.0 Å². The molecule has 0 saturated carbocycles. The fourth-order valence-corrected chi connectivity index (χ4v) is 4.26. The van der Waals surface area contributed by atoms with Crippen LogP contribution in [0.4, 0.5) is 0 Å². The normalized spacial score (nSPS) is 13.8. The first-order valence-corrected chi connectivity index (χ1v) is 11.0. The molecule has 0 bridgehead atoms. The molecule has 0 aliphatic rings. The van der Waals surface area contributed by atoms with Crippen molar-refractivity contribution in [1.29, 1.82) is 0 Å². The van der Waals surface area contributed by atoms with Crippen molar-refractivity contribution in [2.75, 3.05) is 6.61 Å². The summed E-state index contributed by atoms with van der Waals surface area (Å²) in [5.41, 5.74) is 1.76. The molecule has 1 unspecified atom stereocenters. The molecule has 0 aliphatic heterocycles. The second-order valence-electron chi connectivity index (χ2n) is 7.14. The van der Waals surface area contributed by atoms with Crippen molar-refractivity contribution >= 4 is 30.1 Å². The minimum absolute atomic E-state index is 0.0698. The lowest BCUT2D eigenvalue weighted by atomic mass is 10.1. The topological polar surface area (TPSA) is 81.4 Å². The van der Waals surface area contributed by atoms with Crippen LogP contribution in [0, 0.1) is 5.92 Å². The number of fused-ring (bicyclic) bond motifs is 1. The van der Waals surface area contributed by atoms with Crippen LogP contribution in [0.3, 0.4) is 0 Å². The van der Waals surface area contributed by atoms with Gasteiger partial charge < -0.3 is 9.42 Å². The van der Waals surface area contributed by atoms with Crippen molar-refractivity contribution in [1.82, 2.24) is 9.55 Å². The maximum absolute atomic E-state index is 12.6. The number of rotatable bonds is 6. The third-order valence-electron chi connectivity index (χ3n) is 4.24. The van der Waals surface area contributed by atoms with Crippen molar-refractivity contribution in [3.05, 3.63) is 63.4 Å². The smallest absolute Gasteiger partial charge is 0.324 e. The van der Waals surface area contributed by atoms with Crippen molar-refractivity contribution in [2.45, 2.75) is 20.0 Å². The third-order valence-corrected chi connectivity index (χ3v) is 5.80. The first-order valence-electron chi connectivity index (χ1n) is 8.88. The Balaban J connectivity index is 1.90. The minimum Gasteiger partial charge on any atom is -0.324 e. The maximum Gasteiger partial charge on any atom is 0.332 e. The largest absolute Gasteiger partial charge is 0.332 e. The predicted octanol–water partition coefficient (Wildman–Crippen LogP) is 4.61. The fraction of sp³-hybridized carbons (Fsp3) is 0.300. The molecule has 28 heavy (non-hydrogen) atoms. The Kier molecular flexibility index (Phi) is 6.06. The van der Waals surface area contributed by atoms with Crippen LogP contribution in [0.1, 0.15) is 19.4 Å². The summed E-state index contributed by atoms with van der Waals surface area (Å²) in [7, 11) is -2.04. The van der Waals surface area contributed by atoms with E-state index in [1.54, 1.807) is 49.5 Å². The molecule has 3 rings (SSSR count). The number of hydrogen-bond donors (Lipinski definition) is 1. The van der Waals surface area contributed by atoms with E-state index in [9.17, 15) is 14.3 Å². The van der Waals surface area contributed by atoms with Gasteiger partial charge in [-0.1, -0.05) is 49.7 Å². The van der Waals surface area contributed by atoms with Crippen LogP contribution in [0.25, 0.3) is 22.3 Å². The van der Waals surface area contributed by atoms with Gasteiger partial charge in [0.15, 0.2) is 0 Å². The number of halogens is 1. The van der Waals surface area contributed by atoms with Gasteiger partial charge >= 0.3 is 7.60 Å². The Morgan fingerprint density at radius 1 is 1.21 bits per heavy atom. The van der Waals surface area contributed by atoms with Crippen LogP contribution in [0.15, 0.2) is 47.3 Å². The highest BCUT2D eigenvalue weighted by atomic mass is 35.5. The molecule has 8 heteroatoms. The van der Waals surface area contributed by atoms with Gasteiger partial charge in [-0.15, -0.1) is 0 Å². The van der Waals surface area contributed by atoms with Gasteiger partial charge in [0.1, 0.15) is 5.82 Å². The Bertz CT molecular complexity index is 1110. The van der Waals surface area contributed by atoms with Crippen molar-refractivity contribution < 1.29 is 14.0 Å².